The predicted molar refractivity (Wildman–Crippen MR) is 109 cm³/mol. The van der Waals surface area contributed by atoms with Crippen molar-refractivity contribution in [3.63, 3.8) is 0 Å². The number of benzene rings is 1. The highest BCUT2D eigenvalue weighted by atomic mass is 35.5. The molecule has 1 amide bonds. The minimum absolute atomic E-state index is 0.0336. The van der Waals surface area contributed by atoms with E-state index in [1.165, 1.54) is 0 Å². The quantitative estimate of drug-likeness (QED) is 0.482. The molecule has 0 fully saturated rings. The molecule has 3 aromatic rings. The van der Waals surface area contributed by atoms with Crippen LogP contribution in [-0.2, 0) is 23.9 Å². The minimum Gasteiger partial charge on any atom is -0.324 e. The summed E-state index contributed by atoms with van der Waals surface area (Å²) in [7, 11) is 0. The molecule has 11 heteroatoms. The highest BCUT2D eigenvalue weighted by Crippen LogP contribution is 2.34. The zero-order valence-corrected chi connectivity index (χ0v) is 17.6. The Hall–Kier alpha value is -2.04. The first-order valence-corrected chi connectivity index (χ1v) is 10.8. The molecule has 5 nitrogen and oxygen atoms in total. The number of anilines is 1. The van der Waals surface area contributed by atoms with Crippen molar-refractivity contribution in [3.05, 3.63) is 57.0 Å². The lowest BCUT2D eigenvalue weighted by Gasteiger charge is -2.11. The Morgan fingerprint density at radius 1 is 1.31 bits per heavy atom. The van der Waals surface area contributed by atoms with Gasteiger partial charge in [0.1, 0.15) is 5.82 Å². The normalized spacial score (nSPS) is 11.6. The van der Waals surface area contributed by atoms with Crippen LogP contribution in [0.5, 0.6) is 0 Å². The van der Waals surface area contributed by atoms with E-state index in [9.17, 15) is 18.0 Å². The van der Waals surface area contributed by atoms with Gasteiger partial charge in [-0.05, 0) is 36.6 Å². The largest absolute Gasteiger partial charge is 0.416 e. The lowest BCUT2D eigenvalue weighted by atomic mass is 10.2. The van der Waals surface area contributed by atoms with Gasteiger partial charge in [-0.1, -0.05) is 29.4 Å². The van der Waals surface area contributed by atoms with E-state index < -0.39 is 17.6 Å². The second-order valence-electron chi connectivity index (χ2n) is 5.93. The minimum atomic E-state index is -4.52. The van der Waals surface area contributed by atoms with Crippen LogP contribution in [0, 0.1) is 0 Å². The third kappa shape index (κ3) is 5.52. The molecular formula is C18H16ClF3N4OS2. The average molecular weight is 461 g/mol. The van der Waals surface area contributed by atoms with Crippen LogP contribution in [0.25, 0.3) is 0 Å². The Balaban J connectivity index is 1.65. The molecule has 0 radical (unpaired) electrons. The predicted octanol–water partition coefficient (Wildman–Crippen LogP) is 5.35. The number of hydrogen-bond donors (Lipinski definition) is 1. The van der Waals surface area contributed by atoms with Crippen LogP contribution in [0.15, 0.2) is 40.9 Å². The number of thioether (sulfide) groups is 1. The smallest absolute Gasteiger partial charge is 0.324 e. The fourth-order valence-corrected chi connectivity index (χ4v) is 4.24. The number of aromatic nitrogens is 3. The summed E-state index contributed by atoms with van der Waals surface area (Å²) < 4.78 is 40.5. The van der Waals surface area contributed by atoms with Crippen LogP contribution in [0.2, 0.25) is 5.02 Å². The van der Waals surface area contributed by atoms with Crippen molar-refractivity contribution < 1.29 is 18.0 Å². The van der Waals surface area contributed by atoms with Crippen molar-refractivity contribution in [2.24, 2.45) is 0 Å². The number of carbonyl (C=O) groups excluding carboxylic acids is 1. The van der Waals surface area contributed by atoms with Gasteiger partial charge in [0.05, 0.1) is 22.0 Å². The summed E-state index contributed by atoms with van der Waals surface area (Å²) in [4.78, 5) is 13.4. The molecule has 154 valence electrons. The lowest BCUT2D eigenvalue weighted by Crippen LogP contribution is -2.16. The van der Waals surface area contributed by atoms with Crippen LogP contribution in [0.4, 0.5) is 18.9 Å². The summed E-state index contributed by atoms with van der Waals surface area (Å²) in [5.41, 5.74) is -0.962. The van der Waals surface area contributed by atoms with E-state index in [0.29, 0.717) is 18.1 Å². The lowest BCUT2D eigenvalue weighted by molar-refractivity contribution is -0.137. The maximum Gasteiger partial charge on any atom is 0.416 e. The summed E-state index contributed by atoms with van der Waals surface area (Å²) >= 11 is 8.70. The van der Waals surface area contributed by atoms with Gasteiger partial charge in [0.25, 0.3) is 0 Å². The number of alkyl halides is 3. The van der Waals surface area contributed by atoms with E-state index in [1.807, 2.05) is 29.0 Å². The van der Waals surface area contributed by atoms with Gasteiger partial charge >= 0.3 is 6.18 Å². The third-order valence-corrected chi connectivity index (χ3v) is 6.10. The summed E-state index contributed by atoms with van der Waals surface area (Å²) in [5, 5.41) is 13.4. The highest BCUT2D eigenvalue weighted by Gasteiger charge is 2.31. The molecule has 0 atom stereocenters. The summed E-state index contributed by atoms with van der Waals surface area (Å²) in [6, 6.07) is 6.77. The molecule has 3 rings (SSSR count). The van der Waals surface area contributed by atoms with E-state index in [1.54, 1.807) is 11.3 Å². The van der Waals surface area contributed by atoms with Crippen molar-refractivity contribution in [3.8, 4) is 0 Å². The Labute approximate surface area is 178 Å². The second-order valence-corrected chi connectivity index (χ2v) is 8.31. The number of carbonyl (C=O) groups is 1. The van der Waals surface area contributed by atoms with Gasteiger partial charge in [0.15, 0.2) is 5.16 Å². The number of halogens is 4. The van der Waals surface area contributed by atoms with Crippen LogP contribution >= 0.6 is 34.7 Å². The van der Waals surface area contributed by atoms with Gasteiger partial charge in [0.2, 0.25) is 5.91 Å². The van der Waals surface area contributed by atoms with E-state index >= 15 is 0 Å². The monoisotopic (exact) mass is 460 g/mol. The molecule has 0 unspecified atom stereocenters. The average Bonchev–Trinajstić information content (AvgIpc) is 3.31. The number of hydrogen-bond acceptors (Lipinski definition) is 5. The molecule has 0 spiro atoms. The molecule has 0 aliphatic carbocycles. The molecule has 29 heavy (non-hydrogen) atoms. The molecule has 0 aliphatic heterocycles. The summed E-state index contributed by atoms with van der Waals surface area (Å²) in [6.07, 6.45) is -3.87. The van der Waals surface area contributed by atoms with E-state index in [4.69, 9.17) is 11.6 Å². The molecule has 1 N–H and O–H groups in total. The van der Waals surface area contributed by atoms with E-state index in [0.717, 1.165) is 40.7 Å². The number of amides is 1. The maximum atomic E-state index is 12.9. The van der Waals surface area contributed by atoms with Gasteiger partial charge in [-0.15, -0.1) is 21.5 Å². The van der Waals surface area contributed by atoms with Gasteiger partial charge in [-0.3, -0.25) is 4.79 Å². The zero-order valence-electron chi connectivity index (χ0n) is 15.2. The molecule has 2 aromatic heterocycles. The van der Waals surface area contributed by atoms with Gasteiger partial charge in [-0.25, -0.2) is 0 Å². The second kappa shape index (κ2) is 9.19. The van der Waals surface area contributed by atoms with Crippen molar-refractivity contribution >= 4 is 46.3 Å². The van der Waals surface area contributed by atoms with Gasteiger partial charge in [-0.2, -0.15) is 13.2 Å². The topological polar surface area (TPSA) is 59.8 Å². The zero-order chi connectivity index (χ0) is 21.0. The third-order valence-electron chi connectivity index (χ3n) is 3.92. The first-order valence-electron chi connectivity index (χ1n) is 8.51. The van der Waals surface area contributed by atoms with E-state index in [-0.39, 0.29) is 16.5 Å². The standard InChI is InChI=1S/C18H16ClF3N4OS2/c1-2-26-15(9-12-4-3-7-28-12)24-25-17(26)29-10-16(27)23-14-8-11(18(20,21)22)5-6-13(14)19/h3-8H,2,9-10H2,1H3,(H,23,27). The van der Waals surface area contributed by atoms with Crippen molar-refractivity contribution in [2.75, 3.05) is 11.1 Å². The number of thiophene rings is 1. The van der Waals surface area contributed by atoms with Crippen LogP contribution < -0.4 is 5.32 Å². The molecule has 2 heterocycles. The van der Waals surface area contributed by atoms with E-state index in [2.05, 4.69) is 15.5 Å². The van der Waals surface area contributed by atoms with Crippen LogP contribution in [0.1, 0.15) is 23.2 Å². The van der Waals surface area contributed by atoms with Gasteiger partial charge in [0, 0.05) is 17.8 Å². The van der Waals surface area contributed by atoms with Crippen molar-refractivity contribution in [1.29, 1.82) is 0 Å². The Morgan fingerprint density at radius 2 is 2.10 bits per heavy atom. The van der Waals surface area contributed by atoms with Crippen LogP contribution in [0.3, 0.4) is 0 Å². The summed E-state index contributed by atoms with van der Waals surface area (Å²) in [5.74, 6) is 0.268. The van der Waals surface area contributed by atoms with Crippen molar-refractivity contribution in [2.45, 2.75) is 31.2 Å². The molecule has 1 aromatic carbocycles. The summed E-state index contributed by atoms with van der Waals surface area (Å²) in [6.45, 7) is 2.59. The first-order chi connectivity index (χ1) is 13.8. The Morgan fingerprint density at radius 3 is 2.76 bits per heavy atom. The molecular weight excluding hydrogens is 445 g/mol. The molecule has 0 saturated carbocycles. The maximum absolute atomic E-state index is 12.9. The number of nitrogens with zero attached hydrogens (tertiary/aromatic N) is 3. The highest BCUT2D eigenvalue weighted by molar-refractivity contribution is 7.99. The molecule has 0 bridgehead atoms. The fourth-order valence-electron chi connectivity index (χ4n) is 2.56. The molecule has 0 saturated heterocycles. The van der Waals surface area contributed by atoms with Crippen molar-refractivity contribution in [1.82, 2.24) is 14.8 Å². The first kappa shape index (κ1) is 21.7. The molecule has 0 aliphatic rings. The number of rotatable bonds is 7. The van der Waals surface area contributed by atoms with Crippen LogP contribution in [-0.4, -0.2) is 26.4 Å². The number of nitrogens with one attached hydrogen (secondary N) is 1. The fraction of sp³-hybridized carbons (Fsp3) is 0.278. The SMILES string of the molecule is CCn1c(Cc2cccs2)nnc1SCC(=O)Nc1cc(C(F)(F)F)ccc1Cl. The Kier molecular flexibility index (Phi) is 6.86. The van der Waals surface area contributed by atoms with Gasteiger partial charge < -0.3 is 9.88 Å². The Bertz CT molecular complexity index is 990.